The maximum Gasteiger partial charge on any atom is 0.341 e. The fourth-order valence-corrected chi connectivity index (χ4v) is 3.02. The fourth-order valence-electron chi connectivity index (χ4n) is 3.02. The fraction of sp³-hybridized carbons (Fsp3) is 0.444. The van der Waals surface area contributed by atoms with Gasteiger partial charge in [0, 0.05) is 11.1 Å². The first-order valence-corrected chi connectivity index (χ1v) is 7.81. The van der Waals surface area contributed by atoms with Crippen molar-refractivity contribution in [1.82, 2.24) is 0 Å². The van der Waals surface area contributed by atoms with E-state index in [2.05, 4.69) is 0 Å². The summed E-state index contributed by atoms with van der Waals surface area (Å²) in [6.45, 7) is 5.65. The minimum absolute atomic E-state index is 0.214. The Morgan fingerprint density at radius 1 is 1.50 bits per heavy atom. The third-order valence-corrected chi connectivity index (χ3v) is 4.42. The van der Waals surface area contributed by atoms with E-state index in [1.807, 2.05) is 19.9 Å². The van der Waals surface area contributed by atoms with Crippen LogP contribution in [0.3, 0.4) is 0 Å². The van der Waals surface area contributed by atoms with Crippen LogP contribution in [-0.2, 0) is 22.6 Å². The first kappa shape index (κ1) is 17.8. The van der Waals surface area contributed by atoms with E-state index in [0.717, 1.165) is 22.3 Å². The molecule has 6 nitrogen and oxygen atoms in total. The summed E-state index contributed by atoms with van der Waals surface area (Å²) in [6.07, 6.45) is 2.86. The molecule has 0 unspecified atom stereocenters. The molecule has 0 bridgehead atoms. The van der Waals surface area contributed by atoms with Crippen LogP contribution in [0, 0.1) is 12.8 Å². The van der Waals surface area contributed by atoms with Gasteiger partial charge in [0.25, 0.3) is 0 Å². The molecule has 0 amide bonds. The molecule has 3 N–H and O–H groups in total. The van der Waals surface area contributed by atoms with Crippen molar-refractivity contribution in [3.05, 3.63) is 33.9 Å². The maximum absolute atomic E-state index is 11.9. The maximum atomic E-state index is 11.9. The quantitative estimate of drug-likeness (QED) is 0.472. The molecule has 1 heterocycles. The number of cyclic esters (lactones) is 1. The first-order valence-electron chi connectivity index (χ1n) is 7.81. The van der Waals surface area contributed by atoms with Crippen molar-refractivity contribution < 1.29 is 24.2 Å². The average Bonchev–Trinajstić information content (AvgIpc) is 2.91. The molecule has 1 aliphatic rings. The van der Waals surface area contributed by atoms with Crippen molar-refractivity contribution in [1.29, 1.82) is 0 Å². The van der Waals surface area contributed by atoms with Crippen molar-refractivity contribution in [2.75, 3.05) is 12.8 Å². The van der Waals surface area contributed by atoms with Gasteiger partial charge < -0.3 is 20.3 Å². The van der Waals surface area contributed by atoms with Crippen molar-refractivity contribution in [3.8, 4) is 5.75 Å². The standard InChI is InChI=1S/C18H23NO5/c1-9(7-10(2)17(20)21)5-6-12-15(19)14-13(8-24-18(14)22)11(3)16(12)23-4/h5,10H,6-8,19H2,1-4H3,(H,20,21)/t10-/m1/s1. The molecule has 0 saturated heterocycles. The number of hydrogen-bond acceptors (Lipinski definition) is 5. The lowest BCUT2D eigenvalue weighted by Crippen LogP contribution is -2.10. The van der Waals surface area contributed by atoms with Gasteiger partial charge in [-0.15, -0.1) is 0 Å². The number of rotatable bonds is 6. The molecule has 0 fully saturated rings. The molecule has 0 aliphatic carbocycles. The van der Waals surface area contributed by atoms with E-state index < -0.39 is 17.9 Å². The van der Waals surface area contributed by atoms with Gasteiger partial charge in [0.2, 0.25) is 0 Å². The van der Waals surface area contributed by atoms with Crippen LogP contribution in [0.5, 0.6) is 5.75 Å². The van der Waals surface area contributed by atoms with Crippen molar-refractivity contribution in [2.45, 2.75) is 40.2 Å². The average molecular weight is 333 g/mol. The van der Waals surface area contributed by atoms with E-state index in [9.17, 15) is 9.59 Å². The third kappa shape index (κ3) is 3.22. The van der Waals surface area contributed by atoms with Gasteiger partial charge in [-0.3, -0.25) is 4.79 Å². The second kappa shape index (κ2) is 6.95. The number of carbonyl (C=O) groups is 2. The number of nitrogen functional groups attached to an aromatic ring is 1. The normalized spacial score (nSPS) is 15.0. The van der Waals surface area contributed by atoms with E-state index in [4.69, 9.17) is 20.3 Å². The largest absolute Gasteiger partial charge is 0.496 e. The van der Waals surface area contributed by atoms with Crippen LogP contribution < -0.4 is 10.5 Å². The van der Waals surface area contributed by atoms with Gasteiger partial charge in [-0.2, -0.15) is 0 Å². The van der Waals surface area contributed by atoms with Gasteiger partial charge in [0.1, 0.15) is 12.4 Å². The smallest absolute Gasteiger partial charge is 0.341 e. The third-order valence-electron chi connectivity index (χ3n) is 4.42. The Kier molecular flexibility index (Phi) is 5.17. The Balaban J connectivity index is 2.37. The molecule has 1 aromatic carbocycles. The molecule has 0 saturated carbocycles. The van der Waals surface area contributed by atoms with Crippen molar-refractivity contribution in [3.63, 3.8) is 0 Å². The number of fused-ring (bicyclic) bond motifs is 1. The summed E-state index contributed by atoms with van der Waals surface area (Å²) in [4.78, 5) is 22.9. The number of methoxy groups -OCH3 is 1. The Hall–Kier alpha value is -2.50. The van der Waals surface area contributed by atoms with Gasteiger partial charge in [-0.05, 0) is 32.3 Å². The Morgan fingerprint density at radius 3 is 2.75 bits per heavy atom. The number of allylic oxidation sites excluding steroid dienone is 2. The molecule has 24 heavy (non-hydrogen) atoms. The molecule has 6 heteroatoms. The number of carboxylic acid groups (broad SMARTS) is 1. The van der Waals surface area contributed by atoms with Crippen LogP contribution in [0.25, 0.3) is 0 Å². The summed E-state index contributed by atoms with van der Waals surface area (Å²) >= 11 is 0. The van der Waals surface area contributed by atoms with Gasteiger partial charge in [0.15, 0.2) is 0 Å². The van der Waals surface area contributed by atoms with E-state index in [0.29, 0.717) is 29.8 Å². The molecular formula is C18H23NO5. The van der Waals surface area contributed by atoms with E-state index in [-0.39, 0.29) is 6.61 Å². The number of hydrogen-bond donors (Lipinski definition) is 2. The van der Waals surface area contributed by atoms with Crippen LogP contribution in [0.2, 0.25) is 0 Å². The van der Waals surface area contributed by atoms with Crippen LogP contribution in [0.4, 0.5) is 5.69 Å². The minimum atomic E-state index is -0.823. The highest BCUT2D eigenvalue weighted by Gasteiger charge is 2.30. The predicted octanol–water partition coefficient (Wildman–Crippen LogP) is 2.86. The lowest BCUT2D eigenvalue weighted by atomic mass is 9.93. The summed E-state index contributed by atoms with van der Waals surface area (Å²) in [7, 11) is 1.57. The lowest BCUT2D eigenvalue weighted by molar-refractivity contribution is -0.141. The number of esters is 1. The number of ether oxygens (including phenoxy) is 2. The Bertz CT molecular complexity index is 721. The summed E-state index contributed by atoms with van der Waals surface area (Å²) in [5, 5.41) is 9.00. The van der Waals surface area contributed by atoms with Crippen molar-refractivity contribution in [2.24, 2.45) is 5.92 Å². The summed E-state index contributed by atoms with van der Waals surface area (Å²) in [5.74, 6) is -1.03. The Labute approximate surface area is 141 Å². The number of nitrogens with two attached hydrogens (primary N) is 1. The van der Waals surface area contributed by atoms with Crippen LogP contribution in [0.15, 0.2) is 11.6 Å². The van der Waals surface area contributed by atoms with Crippen molar-refractivity contribution >= 4 is 17.6 Å². The van der Waals surface area contributed by atoms with Gasteiger partial charge in [-0.1, -0.05) is 18.6 Å². The molecule has 0 radical (unpaired) electrons. The molecule has 0 aromatic heterocycles. The zero-order valence-electron chi connectivity index (χ0n) is 14.4. The highest BCUT2D eigenvalue weighted by molar-refractivity contribution is 6.00. The summed E-state index contributed by atoms with van der Waals surface area (Å²) in [5.41, 5.74) is 10.3. The molecule has 0 spiro atoms. The SMILES string of the molecule is COc1c(C)c2c(c(N)c1CC=C(C)C[C@@H](C)C(=O)O)C(=O)OC2. The number of carbonyl (C=O) groups excluding carboxylic acids is 1. The zero-order valence-corrected chi connectivity index (χ0v) is 14.4. The lowest BCUT2D eigenvalue weighted by Gasteiger charge is -2.16. The van der Waals surface area contributed by atoms with E-state index in [1.165, 1.54) is 0 Å². The summed E-state index contributed by atoms with van der Waals surface area (Å²) in [6, 6.07) is 0. The molecule has 2 rings (SSSR count). The molecular weight excluding hydrogens is 310 g/mol. The minimum Gasteiger partial charge on any atom is -0.496 e. The zero-order chi connectivity index (χ0) is 18.0. The molecule has 1 aromatic rings. The van der Waals surface area contributed by atoms with Gasteiger partial charge in [-0.25, -0.2) is 4.79 Å². The number of anilines is 1. The first-order chi connectivity index (χ1) is 11.3. The molecule has 1 aliphatic heterocycles. The number of carboxylic acids is 1. The topological polar surface area (TPSA) is 98.9 Å². The van der Waals surface area contributed by atoms with Crippen LogP contribution in [-0.4, -0.2) is 24.2 Å². The molecule has 1 atom stereocenters. The predicted molar refractivity (Wildman–Crippen MR) is 90.1 cm³/mol. The van der Waals surface area contributed by atoms with Gasteiger partial charge >= 0.3 is 11.9 Å². The van der Waals surface area contributed by atoms with Crippen LogP contribution in [0.1, 0.15) is 47.3 Å². The Morgan fingerprint density at radius 2 is 2.17 bits per heavy atom. The highest BCUT2D eigenvalue weighted by atomic mass is 16.5. The number of benzene rings is 1. The van der Waals surface area contributed by atoms with Crippen LogP contribution >= 0.6 is 0 Å². The number of aliphatic carboxylic acids is 1. The van der Waals surface area contributed by atoms with E-state index >= 15 is 0 Å². The second-order valence-corrected chi connectivity index (χ2v) is 6.18. The highest BCUT2D eigenvalue weighted by Crippen LogP contribution is 2.39. The van der Waals surface area contributed by atoms with Gasteiger partial charge in [0.05, 0.1) is 24.3 Å². The second-order valence-electron chi connectivity index (χ2n) is 6.18. The molecule has 130 valence electrons. The van der Waals surface area contributed by atoms with E-state index in [1.54, 1.807) is 14.0 Å². The monoisotopic (exact) mass is 333 g/mol. The summed E-state index contributed by atoms with van der Waals surface area (Å²) < 4.78 is 10.6.